The molecule has 4 nitrogen and oxygen atoms in total. The molecule has 1 atom stereocenters. The molecule has 154 valence electrons. The SMILES string of the molecule is CN=C(NCC1CCN(CCc2ccccc2)C1)N(C)CCc1cccs1.I. The molecule has 1 aromatic heterocycles. The summed E-state index contributed by atoms with van der Waals surface area (Å²) in [6.45, 7) is 5.57. The molecule has 3 rings (SSSR count). The quantitative estimate of drug-likeness (QED) is 0.330. The van der Waals surface area contributed by atoms with E-state index in [0.717, 1.165) is 38.4 Å². The van der Waals surface area contributed by atoms with Crippen molar-refractivity contribution in [1.82, 2.24) is 15.1 Å². The van der Waals surface area contributed by atoms with Gasteiger partial charge in [-0.2, -0.15) is 0 Å². The third kappa shape index (κ3) is 7.37. The number of rotatable bonds is 8. The summed E-state index contributed by atoms with van der Waals surface area (Å²) in [6, 6.07) is 15.1. The fourth-order valence-electron chi connectivity index (χ4n) is 3.67. The first-order valence-electron chi connectivity index (χ1n) is 9.95. The van der Waals surface area contributed by atoms with Crippen LogP contribution in [0.3, 0.4) is 0 Å². The van der Waals surface area contributed by atoms with Crippen LogP contribution in [-0.4, -0.2) is 62.6 Å². The van der Waals surface area contributed by atoms with Gasteiger partial charge in [0.1, 0.15) is 0 Å². The zero-order valence-corrected chi connectivity index (χ0v) is 20.2. The lowest BCUT2D eigenvalue weighted by Gasteiger charge is -2.23. The van der Waals surface area contributed by atoms with E-state index in [1.54, 1.807) is 0 Å². The average molecular weight is 513 g/mol. The van der Waals surface area contributed by atoms with E-state index in [-0.39, 0.29) is 24.0 Å². The number of guanidine groups is 1. The summed E-state index contributed by atoms with van der Waals surface area (Å²) in [5.74, 6) is 1.72. The number of likely N-dealkylation sites (tertiary alicyclic amines) is 1. The Morgan fingerprint density at radius 1 is 1.21 bits per heavy atom. The highest BCUT2D eigenvalue weighted by atomic mass is 127. The van der Waals surface area contributed by atoms with E-state index in [2.05, 4.69) is 75.0 Å². The number of thiophene rings is 1. The average Bonchev–Trinajstić information content (AvgIpc) is 3.38. The lowest BCUT2D eigenvalue weighted by molar-refractivity contribution is 0.327. The van der Waals surface area contributed by atoms with Crippen molar-refractivity contribution in [3.8, 4) is 0 Å². The maximum absolute atomic E-state index is 4.47. The topological polar surface area (TPSA) is 30.9 Å². The van der Waals surface area contributed by atoms with Crippen LogP contribution in [0.1, 0.15) is 16.9 Å². The third-order valence-corrected chi connectivity index (χ3v) is 6.26. The number of hydrogen-bond donors (Lipinski definition) is 1. The number of likely N-dealkylation sites (N-methyl/N-ethyl adjacent to an activating group) is 1. The fraction of sp³-hybridized carbons (Fsp3) is 0.500. The molecule has 1 saturated heterocycles. The van der Waals surface area contributed by atoms with Crippen molar-refractivity contribution in [2.45, 2.75) is 19.3 Å². The molecule has 6 heteroatoms. The van der Waals surface area contributed by atoms with Crippen LogP contribution < -0.4 is 5.32 Å². The standard InChI is InChI=1S/C22H32N4S.HI/c1-23-22(25(2)13-12-21-9-6-16-27-21)24-17-20-11-15-26(18-20)14-10-19-7-4-3-5-8-19;/h3-9,16,20H,10-15,17-18H2,1-2H3,(H,23,24);1H. The highest BCUT2D eigenvalue weighted by Crippen LogP contribution is 2.16. The van der Waals surface area contributed by atoms with Crippen molar-refractivity contribution >= 4 is 41.3 Å². The lowest BCUT2D eigenvalue weighted by atomic mass is 10.1. The smallest absolute Gasteiger partial charge is 0.193 e. The minimum Gasteiger partial charge on any atom is -0.356 e. The molecule has 28 heavy (non-hydrogen) atoms. The van der Waals surface area contributed by atoms with Gasteiger partial charge in [-0.3, -0.25) is 4.99 Å². The van der Waals surface area contributed by atoms with Crippen molar-refractivity contribution in [3.63, 3.8) is 0 Å². The molecular formula is C22H33IN4S. The molecule has 2 heterocycles. The normalized spacial score (nSPS) is 17.4. The molecule has 1 aliphatic heterocycles. The molecule has 1 aliphatic rings. The van der Waals surface area contributed by atoms with Crippen molar-refractivity contribution in [2.24, 2.45) is 10.9 Å². The van der Waals surface area contributed by atoms with Gasteiger partial charge in [0.2, 0.25) is 0 Å². The summed E-state index contributed by atoms with van der Waals surface area (Å²) < 4.78 is 0. The summed E-state index contributed by atoms with van der Waals surface area (Å²) in [5.41, 5.74) is 1.44. The van der Waals surface area contributed by atoms with Gasteiger partial charge in [0.15, 0.2) is 5.96 Å². The fourth-order valence-corrected chi connectivity index (χ4v) is 4.37. The maximum Gasteiger partial charge on any atom is 0.193 e. The van der Waals surface area contributed by atoms with E-state index in [1.807, 2.05) is 18.4 Å². The van der Waals surface area contributed by atoms with Crippen LogP contribution in [0.4, 0.5) is 0 Å². The number of benzene rings is 1. The molecular weight excluding hydrogens is 479 g/mol. The number of nitrogens with zero attached hydrogens (tertiary/aromatic N) is 3. The molecule has 1 N–H and O–H groups in total. The summed E-state index contributed by atoms with van der Waals surface area (Å²) >= 11 is 1.83. The van der Waals surface area contributed by atoms with Crippen LogP contribution in [0.2, 0.25) is 0 Å². The van der Waals surface area contributed by atoms with Gasteiger partial charge in [-0.25, -0.2) is 0 Å². The van der Waals surface area contributed by atoms with Crippen molar-refractivity contribution < 1.29 is 0 Å². The molecule has 0 aliphatic carbocycles. The van der Waals surface area contributed by atoms with E-state index in [1.165, 1.54) is 30.0 Å². The van der Waals surface area contributed by atoms with Crippen LogP contribution in [0, 0.1) is 5.92 Å². The molecule has 0 bridgehead atoms. The summed E-state index contributed by atoms with van der Waals surface area (Å²) in [6.07, 6.45) is 3.50. The Balaban J connectivity index is 0.00000280. The molecule has 0 saturated carbocycles. The van der Waals surface area contributed by atoms with Crippen LogP contribution in [-0.2, 0) is 12.8 Å². The summed E-state index contributed by atoms with van der Waals surface area (Å²) in [7, 11) is 4.01. The van der Waals surface area contributed by atoms with E-state index in [0.29, 0.717) is 5.92 Å². The van der Waals surface area contributed by atoms with E-state index >= 15 is 0 Å². The Labute approximate surface area is 191 Å². The van der Waals surface area contributed by atoms with Gasteiger partial charge in [-0.1, -0.05) is 36.4 Å². The minimum absolute atomic E-state index is 0. The second-order valence-corrected chi connectivity index (χ2v) is 8.40. The van der Waals surface area contributed by atoms with Gasteiger partial charge in [-0.15, -0.1) is 35.3 Å². The summed E-state index contributed by atoms with van der Waals surface area (Å²) in [4.78, 5) is 10.7. The van der Waals surface area contributed by atoms with Crippen LogP contribution >= 0.6 is 35.3 Å². The highest BCUT2D eigenvalue weighted by Gasteiger charge is 2.22. The number of hydrogen-bond acceptors (Lipinski definition) is 3. The van der Waals surface area contributed by atoms with Crippen LogP contribution in [0.5, 0.6) is 0 Å². The Morgan fingerprint density at radius 3 is 2.75 bits per heavy atom. The second kappa shape index (κ2) is 12.4. The first-order valence-corrected chi connectivity index (χ1v) is 10.8. The van der Waals surface area contributed by atoms with E-state index in [9.17, 15) is 0 Å². The van der Waals surface area contributed by atoms with Gasteiger partial charge in [0.05, 0.1) is 0 Å². The Morgan fingerprint density at radius 2 is 2.04 bits per heavy atom. The van der Waals surface area contributed by atoms with Gasteiger partial charge in [0, 0.05) is 45.2 Å². The van der Waals surface area contributed by atoms with Crippen molar-refractivity contribution in [2.75, 3.05) is 46.8 Å². The number of nitrogens with one attached hydrogen (secondary N) is 1. The first kappa shape index (κ1) is 23.2. The monoisotopic (exact) mass is 512 g/mol. The zero-order valence-electron chi connectivity index (χ0n) is 17.0. The Hall–Kier alpha value is -1.12. The van der Waals surface area contributed by atoms with Gasteiger partial charge in [-0.05, 0) is 48.7 Å². The number of aliphatic imine (C=N–C) groups is 1. The second-order valence-electron chi connectivity index (χ2n) is 7.37. The minimum atomic E-state index is 0. The summed E-state index contributed by atoms with van der Waals surface area (Å²) in [5, 5.41) is 5.73. The first-order chi connectivity index (χ1) is 13.2. The number of halogens is 1. The zero-order chi connectivity index (χ0) is 18.9. The predicted molar refractivity (Wildman–Crippen MR) is 132 cm³/mol. The molecule has 2 aromatic rings. The maximum atomic E-state index is 4.47. The molecule has 1 fully saturated rings. The van der Waals surface area contributed by atoms with Crippen LogP contribution in [0.25, 0.3) is 0 Å². The Bertz CT molecular complexity index is 690. The lowest BCUT2D eigenvalue weighted by Crippen LogP contribution is -2.42. The van der Waals surface area contributed by atoms with E-state index in [4.69, 9.17) is 0 Å². The predicted octanol–water partition coefficient (Wildman–Crippen LogP) is 3.98. The highest BCUT2D eigenvalue weighted by molar-refractivity contribution is 14.0. The van der Waals surface area contributed by atoms with Crippen LogP contribution in [0.15, 0.2) is 52.8 Å². The van der Waals surface area contributed by atoms with Gasteiger partial charge >= 0.3 is 0 Å². The van der Waals surface area contributed by atoms with Crippen molar-refractivity contribution in [1.29, 1.82) is 0 Å². The Kier molecular flexibility index (Phi) is 10.3. The molecule has 1 unspecified atom stereocenters. The largest absolute Gasteiger partial charge is 0.356 e. The van der Waals surface area contributed by atoms with Crippen molar-refractivity contribution in [3.05, 3.63) is 58.3 Å². The molecule has 1 aromatic carbocycles. The third-order valence-electron chi connectivity index (χ3n) is 5.33. The molecule has 0 amide bonds. The van der Waals surface area contributed by atoms with E-state index < -0.39 is 0 Å². The molecule has 0 spiro atoms. The van der Waals surface area contributed by atoms with Gasteiger partial charge < -0.3 is 15.1 Å². The molecule has 0 radical (unpaired) electrons. The van der Waals surface area contributed by atoms with Gasteiger partial charge in [0.25, 0.3) is 0 Å².